The van der Waals surface area contributed by atoms with E-state index in [0.717, 1.165) is 6.07 Å². The van der Waals surface area contributed by atoms with Gasteiger partial charge in [-0.2, -0.15) is 22.0 Å². The summed E-state index contributed by atoms with van der Waals surface area (Å²) in [6, 6.07) is 9.35. The quantitative estimate of drug-likeness (QED) is 0.215. The Bertz CT molecular complexity index is 2000. The molecule has 1 amide bonds. The fourth-order valence-electron chi connectivity index (χ4n) is 6.90. The van der Waals surface area contributed by atoms with Crippen LogP contribution in [0.5, 0.6) is 5.75 Å². The molecule has 1 aliphatic carbocycles. The van der Waals surface area contributed by atoms with Crippen LogP contribution in [0.15, 0.2) is 48.7 Å². The summed E-state index contributed by atoms with van der Waals surface area (Å²) in [5, 5.41) is 13.2. The summed E-state index contributed by atoms with van der Waals surface area (Å²) in [6.07, 6.45) is -5.36. The molecule has 2 aromatic heterocycles. The Hall–Kier alpha value is -4.02. The Morgan fingerprint density at radius 1 is 1.12 bits per heavy atom. The zero-order valence-electron chi connectivity index (χ0n) is 25.7. The minimum Gasteiger partial charge on any atom is -0.434 e. The largest absolute Gasteiger partial charge is 0.434 e. The number of nitrogens with zero attached hydrogens (tertiary/aromatic N) is 3. The molecule has 16 heteroatoms. The number of pyridine rings is 1. The lowest BCUT2D eigenvalue weighted by molar-refractivity contribution is -0.306. The Labute approximate surface area is 272 Å². The van der Waals surface area contributed by atoms with Gasteiger partial charge in [-0.25, -0.2) is 18.3 Å². The predicted octanol–water partition coefficient (Wildman–Crippen LogP) is 5.95. The highest BCUT2D eigenvalue weighted by atomic mass is 32.2. The van der Waals surface area contributed by atoms with Crippen molar-refractivity contribution in [3.63, 3.8) is 0 Å². The molecule has 4 aromatic rings. The van der Waals surface area contributed by atoms with Gasteiger partial charge in [-0.1, -0.05) is 12.1 Å². The van der Waals surface area contributed by atoms with Crippen molar-refractivity contribution in [3.05, 3.63) is 77.1 Å². The maximum absolute atomic E-state index is 15.9. The number of aliphatic hydroxyl groups is 1. The molecule has 4 heterocycles. The number of carbonyl (C=O) groups excluding carboxylic acids is 1. The van der Waals surface area contributed by atoms with Gasteiger partial charge in [-0.15, -0.1) is 0 Å². The maximum atomic E-state index is 15.9. The number of benzene rings is 2. The Morgan fingerprint density at radius 2 is 1.85 bits per heavy atom. The number of ether oxygens (including phenoxy) is 1. The highest BCUT2D eigenvalue weighted by Crippen LogP contribution is 2.56. The van der Waals surface area contributed by atoms with Crippen LogP contribution in [0.2, 0.25) is 0 Å². The van der Waals surface area contributed by atoms with Crippen LogP contribution >= 0.6 is 0 Å². The van der Waals surface area contributed by atoms with Crippen molar-refractivity contribution in [1.82, 2.24) is 24.6 Å². The van der Waals surface area contributed by atoms with Crippen molar-refractivity contribution in [2.75, 3.05) is 0 Å². The fraction of sp³-hybridized carbons (Fsp3) is 0.406. The second-order valence-electron chi connectivity index (χ2n) is 13.4. The van der Waals surface area contributed by atoms with Crippen LogP contribution in [0.3, 0.4) is 0 Å². The van der Waals surface area contributed by atoms with Gasteiger partial charge in [-0.3, -0.25) is 9.78 Å². The highest BCUT2D eigenvalue weighted by Gasteiger charge is 2.69. The number of imidazole rings is 1. The minimum absolute atomic E-state index is 0.139. The summed E-state index contributed by atoms with van der Waals surface area (Å²) in [5.41, 5.74) is -3.10. The van der Waals surface area contributed by atoms with Crippen molar-refractivity contribution in [3.8, 4) is 16.9 Å². The average molecular weight is 694 g/mol. The fourth-order valence-corrected chi connectivity index (χ4v) is 7.81. The van der Waals surface area contributed by atoms with Gasteiger partial charge in [-0.05, 0) is 63.1 Å². The number of nitrogens with one attached hydrogen (secondary N) is 2. The van der Waals surface area contributed by atoms with Gasteiger partial charge in [0.25, 0.3) is 5.91 Å². The van der Waals surface area contributed by atoms with Gasteiger partial charge < -0.3 is 19.7 Å². The molecule has 7 rings (SSSR count). The van der Waals surface area contributed by atoms with Crippen LogP contribution in [0.4, 0.5) is 26.3 Å². The highest BCUT2D eigenvalue weighted by molar-refractivity contribution is 7.84. The average Bonchev–Trinajstić information content (AvgIpc) is 3.46. The van der Waals surface area contributed by atoms with Crippen molar-refractivity contribution in [2.24, 2.45) is 0 Å². The monoisotopic (exact) mass is 693 g/mol. The second kappa shape index (κ2) is 10.7. The third-order valence-corrected chi connectivity index (χ3v) is 10.8. The van der Waals surface area contributed by atoms with E-state index in [9.17, 15) is 36.1 Å². The summed E-state index contributed by atoms with van der Waals surface area (Å²) in [5.74, 6) is -1.05. The summed E-state index contributed by atoms with van der Waals surface area (Å²) < 4.78 is 105. The number of hydrogen-bond donors (Lipinski definition) is 3. The van der Waals surface area contributed by atoms with Crippen molar-refractivity contribution < 1.29 is 45.2 Å². The van der Waals surface area contributed by atoms with E-state index in [1.807, 2.05) is 4.57 Å². The molecule has 0 radical (unpaired) electrons. The van der Waals surface area contributed by atoms with Crippen LogP contribution in [0, 0.1) is 5.82 Å². The van der Waals surface area contributed by atoms with E-state index in [4.69, 9.17) is 9.72 Å². The maximum Gasteiger partial charge on any atom is 0.417 e. The molecule has 2 bridgehead atoms. The molecule has 2 aromatic carbocycles. The van der Waals surface area contributed by atoms with E-state index in [-0.39, 0.29) is 22.4 Å². The molecule has 9 nitrogen and oxygen atoms in total. The Morgan fingerprint density at radius 3 is 2.50 bits per heavy atom. The summed E-state index contributed by atoms with van der Waals surface area (Å²) in [7, 11) is -1.93. The van der Waals surface area contributed by atoms with Gasteiger partial charge >= 0.3 is 12.8 Å². The zero-order chi connectivity index (χ0) is 34.6. The molecular formula is C32H29F6N5O4S. The lowest BCUT2D eigenvalue weighted by Crippen LogP contribution is -2.68. The second-order valence-corrected chi connectivity index (χ2v) is 15.4. The summed E-state index contributed by atoms with van der Waals surface area (Å²) >= 11 is 0. The first kappa shape index (κ1) is 32.5. The molecule has 48 heavy (non-hydrogen) atoms. The Balaban J connectivity index is 1.28. The first-order valence-electron chi connectivity index (χ1n) is 15.0. The molecule has 254 valence electrons. The number of halogens is 6. The van der Waals surface area contributed by atoms with Gasteiger partial charge in [0.2, 0.25) is 0 Å². The van der Waals surface area contributed by atoms with E-state index >= 15 is 4.39 Å². The molecule has 1 saturated carbocycles. The third-order valence-electron chi connectivity index (χ3n) is 9.15. The molecular weight excluding hydrogens is 664 g/mol. The van der Waals surface area contributed by atoms with Gasteiger partial charge in [0.1, 0.15) is 17.4 Å². The lowest BCUT2D eigenvalue weighted by atomic mass is 9.63. The summed E-state index contributed by atoms with van der Waals surface area (Å²) in [6.45, 7) is 1.68. The number of alkyl halides is 5. The van der Waals surface area contributed by atoms with Crippen LogP contribution in [-0.4, -0.2) is 52.9 Å². The lowest BCUT2D eigenvalue weighted by Gasteiger charge is -2.53. The molecule has 3 N–H and O–H groups in total. The molecule has 0 unspecified atom stereocenters. The van der Waals surface area contributed by atoms with Gasteiger partial charge in [0, 0.05) is 35.7 Å². The van der Waals surface area contributed by atoms with Crippen molar-refractivity contribution in [1.29, 1.82) is 0 Å². The normalized spacial score (nSPS) is 25.7. The number of rotatable bonds is 6. The Kier molecular flexibility index (Phi) is 7.28. The molecule has 0 saturated heterocycles. The molecule has 3 atom stereocenters. The van der Waals surface area contributed by atoms with Crippen LogP contribution < -0.4 is 14.8 Å². The van der Waals surface area contributed by atoms with E-state index in [2.05, 4.69) is 15.0 Å². The SMILES string of the molecule is CC(C)(C)[S@](=O)NC1(c2ncc(-c3ccc4nc5n(c4c3)[C@@H]3C[C@H]5NC(=O)c4cccc(OC(F)F)c43)cc2F)CC(O)(C(F)(F)F)C1. The molecule has 3 aliphatic rings. The number of amides is 1. The number of hydrogen-bond acceptors (Lipinski definition) is 6. The van der Waals surface area contributed by atoms with E-state index < -0.39 is 82.0 Å². The van der Waals surface area contributed by atoms with E-state index in [1.54, 1.807) is 39.0 Å². The van der Waals surface area contributed by atoms with E-state index in [1.165, 1.54) is 24.4 Å². The number of carbonyl (C=O) groups is 1. The van der Waals surface area contributed by atoms with Gasteiger partial charge in [0.15, 0.2) is 5.60 Å². The molecule has 1 fully saturated rings. The first-order chi connectivity index (χ1) is 22.4. The first-order valence-corrected chi connectivity index (χ1v) is 16.1. The van der Waals surface area contributed by atoms with Crippen LogP contribution in [0.25, 0.3) is 22.2 Å². The zero-order valence-corrected chi connectivity index (χ0v) is 26.5. The predicted molar refractivity (Wildman–Crippen MR) is 162 cm³/mol. The third kappa shape index (κ3) is 5.06. The number of fused-ring (bicyclic) bond motifs is 9. The smallest absolute Gasteiger partial charge is 0.417 e. The molecule has 0 spiro atoms. The van der Waals surface area contributed by atoms with E-state index in [0.29, 0.717) is 28.8 Å². The summed E-state index contributed by atoms with van der Waals surface area (Å²) in [4.78, 5) is 21.9. The number of aromatic nitrogens is 3. The molecule has 2 aliphatic heterocycles. The minimum atomic E-state index is -4.99. The topological polar surface area (TPSA) is 118 Å². The van der Waals surface area contributed by atoms with Crippen LogP contribution in [0.1, 0.15) is 79.6 Å². The van der Waals surface area contributed by atoms with Crippen LogP contribution in [-0.2, 0) is 16.5 Å². The van der Waals surface area contributed by atoms with Crippen molar-refractivity contribution in [2.45, 2.75) is 80.8 Å². The standard InChI is InChI=1S/C32H29F6N5O4S/c1-29(2,3)48(46)42-30(13-31(45,14-30)32(36,37)38)25-18(33)9-16(12-39-25)15-7-8-19-21(10-15)43-22-11-20(26(43)40-19)41-27(44)17-5-4-6-23(24(17)22)47-28(34)35/h4-10,12,20,22,28,42,45H,11,13-14H2,1-3H3,(H,41,44)/t20-,22-,30?,31?,48+/m1/s1. The van der Waals surface area contributed by atoms with Crippen molar-refractivity contribution >= 4 is 27.9 Å². The van der Waals surface area contributed by atoms with Gasteiger partial charge in [0.05, 0.1) is 50.1 Å².